The van der Waals surface area contributed by atoms with Crippen LogP contribution in [0.15, 0.2) is 30.3 Å². The van der Waals surface area contributed by atoms with Crippen molar-refractivity contribution < 1.29 is 14.6 Å². The Morgan fingerprint density at radius 3 is 2.70 bits per heavy atom. The normalized spacial score (nSPS) is 17.0. The summed E-state index contributed by atoms with van der Waals surface area (Å²) >= 11 is 1.38. The minimum absolute atomic E-state index is 0.0554. The molecule has 1 aromatic heterocycles. The Labute approximate surface area is 138 Å². The van der Waals surface area contributed by atoms with Crippen LogP contribution in [0, 0.1) is 5.92 Å². The van der Waals surface area contributed by atoms with Crippen LogP contribution >= 0.6 is 11.5 Å². The summed E-state index contributed by atoms with van der Waals surface area (Å²) in [5, 5.41) is 10.8. The number of hydrogen-bond acceptors (Lipinski definition) is 7. The lowest BCUT2D eigenvalue weighted by molar-refractivity contribution is -0.153. The van der Waals surface area contributed by atoms with E-state index < -0.39 is 12.1 Å². The molecule has 1 aromatic carbocycles. The third-order valence-electron chi connectivity index (χ3n) is 4.15. The van der Waals surface area contributed by atoms with E-state index in [0.717, 1.165) is 42.5 Å². The first-order valence-electron chi connectivity index (χ1n) is 7.59. The van der Waals surface area contributed by atoms with E-state index in [1.165, 1.54) is 18.6 Å². The number of nitrogens with zero attached hydrogens (tertiary/aromatic N) is 3. The number of carbonyl (C=O) groups is 1. The number of ether oxygens (including phenoxy) is 1. The molecule has 0 aliphatic carbocycles. The molecule has 1 aliphatic rings. The largest absolute Gasteiger partial charge is 0.467 e. The van der Waals surface area contributed by atoms with Gasteiger partial charge in [0.05, 0.1) is 7.11 Å². The van der Waals surface area contributed by atoms with Crippen molar-refractivity contribution in [2.24, 2.45) is 5.92 Å². The standard InChI is InChI=1S/C16H19N3O3S/c1-22-15(21)13(20)11-7-9-19(10-8-11)16-17-14(18-23-16)12-5-3-2-4-6-12/h2-6,11,13,20H,7-10H2,1H3. The van der Waals surface area contributed by atoms with Gasteiger partial charge in [-0.25, -0.2) is 4.79 Å². The Morgan fingerprint density at radius 1 is 1.35 bits per heavy atom. The molecule has 0 spiro atoms. The number of anilines is 1. The zero-order valence-corrected chi connectivity index (χ0v) is 13.7. The number of carbonyl (C=O) groups excluding carboxylic acids is 1. The maximum absolute atomic E-state index is 11.4. The fourth-order valence-corrected chi connectivity index (χ4v) is 3.51. The van der Waals surface area contributed by atoms with Crippen LogP contribution in [0.3, 0.4) is 0 Å². The van der Waals surface area contributed by atoms with Crippen molar-refractivity contribution in [3.63, 3.8) is 0 Å². The topological polar surface area (TPSA) is 75.6 Å². The van der Waals surface area contributed by atoms with Gasteiger partial charge < -0.3 is 14.7 Å². The molecule has 2 aromatic rings. The van der Waals surface area contributed by atoms with E-state index in [-0.39, 0.29) is 5.92 Å². The first-order valence-corrected chi connectivity index (χ1v) is 8.36. The van der Waals surface area contributed by atoms with Crippen molar-refractivity contribution in [1.29, 1.82) is 0 Å². The summed E-state index contributed by atoms with van der Waals surface area (Å²) in [6.45, 7) is 1.50. The van der Waals surface area contributed by atoms with Crippen LogP contribution < -0.4 is 4.90 Å². The van der Waals surface area contributed by atoms with Crippen LogP contribution in [0.1, 0.15) is 12.8 Å². The Hall–Kier alpha value is -1.99. The molecule has 0 bridgehead atoms. The maximum Gasteiger partial charge on any atom is 0.334 e. The number of piperidine rings is 1. The van der Waals surface area contributed by atoms with Crippen LogP contribution in [0.25, 0.3) is 11.4 Å². The van der Waals surface area contributed by atoms with Gasteiger partial charge in [0.15, 0.2) is 11.9 Å². The quantitative estimate of drug-likeness (QED) is 0.862. The van der Waals surface area contributed by atoms with E-state index in [9.17, 15) is 9.90 Å². The number of rotatable bonds is 4. The van der Waals surface area contributed by atoms with Gasteiger partial charge in [-0.1, -0.05) is 30.3 Å². The number of aromatic nitrogens is 2. The van der Waals surface area contributed by atoms with E-state index in [1.807, 2.05) is 30.3 Å². The molecular formula is C16H19N3O3S. The Bertz CT molecular complexity index is 654. The summed E-state index contributed by atoms with van der Waals surface area (Å²) in [6.07, 6.45) is 0.434. The summed E-state index contributed by atoms with van der Waals surface area (Å²) in [7, 11) is 1.30. The predicted octanol–water partition coefficient (Wildman–Crippen LogP) is 1.96. The van der Waals surface area contributed by atoms with Crippen molar-refractivity contribution in [3.8, 4) is 11.4 Å². The molecule has 1 aliphatic heterocycles. The summed E-state index contributed by atoms with van der Waals surface area (Å²) in [6, 6.07) is 9.88. The van der Waals surface area contributed by atoms with Gasteiger partial charge >= 0.3 is 5.97 Å². The molecule has 23 heavy (non-hydrogen) atoms. The molecule has 2 heterocycles. The first-order chi connectivity index (χ1) is 11.2. The molecule has 7 heteroatoms. The molecule has 1 N–H and O–H groups in total. The zero-order chi connectivity index (χ0) is 16.2. The lowest BCUT2D eigenvalue weighted by Crippen LogP contribution is -2.40. The minimum Gasteiger partial charge on any atom is -0.467 e. The lowest BCUT2D eigenvalue weighted by Gasteiger charge is -2.32. The van der Waals surface area contributed by atoms with E-state index in [4.69, 9.17) is 0 Å². The summed E-state index contributed by atoms with van der Waals surface area (Å²) in [4.78, 5) is 18.2. The average Bonchev–Trinajstić information content (AvgIpc) is 3.11. The van der Waals surface area contributed by atoms with E-state index in [0.29, 0.717) is 0 Å². The summed E-state index contributed by atoms with van der Waals surface area (Å²) < 4.78 is 9.03. The van der Waals surface area contributed by atoms with Gasteiger partial charge in [0.2, 0.25) is 5.13 Å². The average molecular weight is 333 g/mol. The van der Waals surface area contributed by atoms with Gasteiger partial charge in [-0.05, 0) is 18.8 Å². The molecule has 122 valence electrons. The predicted molar refractivity (Wildman–Crippen MR) is 88.3 cm³/mol. The molecule has 1 fully saturated rings. The Balaban J connectivity index is 1.62. The molecule has 1 atom stereocenters. The second-order valence-corrected chi connectivity index (χ2v) is 6.29. The van der Waals surface area contributed by atoms with Crippen LogP contribution in [0.2, 0.25) is 0 Å². The third-order valence-corrected chi connectivity index (χ3v) is 4.92. The third kappa shape index (κ3) is 3.51. The van der Waals surface area contributed by atoms with Crippen molar-refractivity contribution in [1.82, 2.24) is 9.36 Å². The summed E-state index contributed by atoms with van der Waals surface area (Å²) in [5.74, 6) is 0.133. The molecule has 6 nitrogen and oxygen atoms in total. The highest BCUT2D eigenvalue weighted by Crippen LogP contribution is 2.29. The molecule has 0 saturated carbocycles. The van der Waals surface area contributed by atoms with Crippen LogP contribution in [-0.2, 0) is 9.53 Å². The highest BCUT2D eigenvalue weighted by Gasteiger charge is 2.31. The van der Waals surface area contributed by atoms with E-state index >= 15 is 0 Å². The van der Waals surface area contributed by atoms with Crippen molar-refractivity contribution in [2.75, 3.05) is 25.1 Å². The van der Waals surface area contributed by atoms with Gasteiger partial charge in [-0.3, -0.25) is 0 Å². The number of benzene rings is 1. The Morgan fingerprint density at radius 2 is 2.04 bits per heavy atom. The van der Waals surface area contributed by atoms with E-state index in [1.54, 1.807) is 0 Å². The number of hydrogen-bond donors (Lipinski definition) is 1. The number of methoxy groups -OCH3 is 1. The fraction of sp³-hybridized carbons (Fsp3) is 0.438. The maximum atomic E-state index is 11.4. The molecule has 1 unspecified atom stereocenters. The second-order valence-electron chi connectivity index (χ2n) is 5.56. The van der Waals surface area contributed by atoms with Gasteiger partial charge in [0.1, 0.15) is 0 Å². The first kappa shape index (κ1) is 15.9. The zero-order valence-electron chi connectivity index (χ0n) is 12.9. The number of aliphatic hydroxyl groups excluding tert-OH is 1. The number of esters is 1. The lowest BCUT2D eigenvalue weighted by atomic mass is 9.91. The van der Waals surface area contributed by atoms with E-state index in [2.05, 4.69) is 19.0 Å². The molecule has 3 rings (SSSR count). The van der Waals surface area contributed by atoms with Gasteiger partial charge in [-0.2, -0.15) is 9.36 Å². The molecule has 0 radical (unpaired) electrons. The van der Waals surface area contributed by atoms with Crippen molar-refractivity contribution in [3.05, 3.63) is 30.3 Å². The second kappa shape index (κ2) is 7.06. The molecule has 1 saturated heterocycles. The fourth-order valence-electron chi connectivity index (χ4n) is 2.77. The SMILES string of the molecule is COC(=O)C(O)C1CCN(c2nc(-c3ccccc3)ns2)CC1. The molecular weight excluding hydrogens is 314 g/mol. The minimum atomic E-state index is -1.03. The summed E-state index contributed by atoms with van der Waals surface area (Å²) in [5.41, 5.74) is 1.01. The van der Waals surface area contributed by atoms with Gasteiger partial charge in [0, 0.05) is 30.2 Å². The monoisotopic (exact) mass is 333 g/mol. The highest BCUT2D eigenvalue weighted by molar-refractivity contribution is 7.09. The molecule has 0 amide bonds. The van der Waals surface area contributed by atoms with Gasteiger partial charge in [0.25, 0.3) is 0 Å². The van der Waals surface area contributed by atoms with Crippen molar-refractivity contribution >= 4 is 22.6 Å². The van der Waals surface area contributed by atoms with Crippen LogP contribution in [0.4, 0.5) is 5.13 Å². The van der Waals surface area contributed by atoms with Crippen LogP contribution in [-0.4, -0.2) is 46.7 Å². The van der Waals surface area contributed by atoms with Gasteiger partial charge in [-0.15, -0.1) is 0 Å². The number of aliphatic hydroxyl groups is 1. The Kier molecular flexibility index (Phi) is 4.88. The van der Waals surface area contributed by atoms with Crippen molar-refractivity contribution in [2.45, 2.75) is 18.9 Å². The smallest absolute Gasteiger partial charge is 0.334 e. The van der Waals surface area contributed by atoms with Crippen LogP contribution in [0.5, 0.6) is 0 Å². The highest BCUT2D eigenvalue weighted by atomic mass is 32.1.